The van der Waals surface area contributed by atoms with Crippen LogP contribution in [0.2, 0.25) is 0 Å². The fourth-order valence-electron chi connectivity index (χ4n) is 7.95. The molecule has 0 spiro atoms. The van der Waals surface area contributed by atoms with E-state index in [2.05, 4.69) is 154 Å². The maximum Gasteiger partial charge on any atom is 0.306 e. The molecule has 0 heterocycles. The maximum absolute atomic E-state index is 12.8. The fraction of sp³-hybridized carbons (Fsp3) is 0.632. The lowest BCUT2D eigenvalue weighted by Crippen LogP contribution is -2.30. The predicted octanol–water partition coefficient (Wildman–Crippen LogP) is 20.6. The average molecular weight is 1020 g/mol. The Balaban J connectivity index is 4.21. The normalized spacial score (nSPS) is 13.1. The van der Waals surface area contributed by atoms with E-state index in [1.54, 1.807) is 0 Å². The summed E-state index contributed by atoms with van der Waals surface area (Å²) in [5.41, 5.74) is 0. The molecule has 0 rings (SSSR count). The van der Waals surface area contributed by atoms with Gasteiger partial charge in [-0.3, -0.25) is 14.4 Å². The van der Waals surface area contributed by atoms with Crippen LogP contribution in [0.15, 0.2) is 134 Å². The molecule has 1 atom stereocenters. The molecule has 1 unspecified atom stereocenters. The van der Waals surface area contributed by atoms with Gasteiger partial charge in [0.2, 0.25) is 0 Å². The third kappa shape index (κ3) is 58.4. The average Bonchev–Trinajstić information content (AvgIpc) is 3.40. The molecule has 418 valence electrons. The van der Waals surface area contributed by atoms with Crippen molar-refractivity contribution in [1.82, 2.24) is 0 Å². The number of hydrogen-bond donors (Lipinski definition) is 0. The second-order valence-electron chi connectivity index (χ2n) is 19.5. The van der Waals surface area contributed by atoms with Gasteiger partial charge in [0.1, 0.15) is 13.2 Å². The van der Waals surface area contributed by atoms with Gasteiger partial charge in [-0.1, -0.05) is 264 Å². The van der Waals surface area contributed by atoms with Crippen molar-refractivity contribution in [2.24, 2.45) is 0 Å². The molecule has 0 aliphatic heterocycles. The van der Waals surface area contributed by atoms with Crippen LogP contribution in [0.25, 0.3) is 0 Å². The number of carbonyl (C=O) groups excluding carboxylic acids is 3. The van der Waals surface area contributed by atoms with Crippen LogP contribution >= 0.6 is 0 Å². The van der Waals surface area contributed by atoms with Crippen molar-refractivity contribution in [3.8, 4) is 0 Å². The van der Waals surface area contributed by atoms with Crippen molar-refractivity contribution in [2.75, 3.05) is 13.2 Å². The minimum absolute atomic E-state index is 0.102. The minimum Gasteiger partial charge on any atom is -0.462 e. The van der Waals surface area contributed by atoms with Crippen LogP contribution in [0.4, 0.5) is 0 Å². The largest absolute Gasteiger partial charge is 0.462 e. The first kappa shape index (κ1) is 69.5. The molecular formula is C68H110O6. The number of allylic oxidation sites excluding steroid dienone is 22. The van der Waals surface area contributed by atoms with Crippen molar-refractivity contribution in [1.29, 1.82) is 0 Å². The molecule has 6 nitrogen and oxygen atoms in total. The first-order valence-corrected chi connectivity index (χ1v) is 30.2. The van der Waals surface area contributed by atoms with Crippen molar-refractivity contribution >= 4 is 17.9 Å². The molecule has 0 aromatic carbocycles. The zero-order valence-corrected chi connectivity index (χ0v) is 47.8. The Bertz CT molecular complexity index is 1600. The van der Waals surface area contributed by atoms with Crippen LogP contribution < -0.4 is 0 Å². The van der Waals surface area contributed by atoms with Gasteiger partial charge in [-0.2, -0.15) is 0 Å². The van der Waals surface area contributed by atoms with E-state index in [0.29, 0.717) is 19.3 Å². The molecule has 0 aromatic heterocycles. The molecule has 0 saturated carbocycles. The van der Waals surface area contributed by atoms with Gasteiger partial charge in [-0.05, 0) is 109 Å². The van der Waals surface area contributed by atoms with Crippen molar-refractivity contribution in [3.05, 3.63) is 134 Å². The Kier molecular flexibility index (Phi) is 57.4. The summed E-state index contributed by atoms with van der Waals surface area (Å²) in [7, 11) is 0. The van der Waals surface area contributed by atoms with Crippen LogP contribution in [-0.4, -0.2) is 37.2 Å². The Labute approximate surface area is 455 Å². The SMILES string of the molecule is CC/C=C\C/C=C\C/C=C\C/C=C\C/C=C\C/C=C\CCCCCCCCCCCCCCC(=O)OCC(COC(=O)CCCCCCCCCC)OC(=O)CCC/C=C\C/C=C\C/C=C\C/C=C\C/C=C\CC. The van der Waals surface area contributed by atoms with Crippen molar-refractivity contribution in [2.45, 2.75) is 264 Å². The fourth-order valence-corrected chi connectivity index (χ4v) is 7.95. The van der Waals surface area contributed by atoms with Crippen LogP contribution in [0, 0.1) is 0 Å². The minimum atomic E-state index is -0.809. The number of carbonyl (C=O) groups is 3. The smallest absolute Gasteiger partial charge is 0.306 e. The van der Waals surface area contributed by atoms with Crippen LogP contribution in [-0.2, 0) is 28.6 Å². The van der Waals surface area contributed by atoms with Gasteiger partial charge >= 0.3 is 17.9 Å². The van der Waals surface area contributed by atoms with Gasteiger partial charge in [-0.15, -0.1) is 0 Å². The van der Waals surface area contributed by atoms with E-state index in [-0.39, 0.29) is 37.5 Å². The summed E-state index contributed by atoms with van der Waals surface area (Å²) in [5, 5.41) is 0. The summed E-state index contributed by atoms with van der Waals surface area (Å²) in [6.45, 7) is 6.33. The second-order valence-corrected chi connectivity index (χ2v) is 19.5. The Morgan fingerprint density at radius 1 is 0.284 bits per heavy atom. The third-order valence-corrected chi connectivity index (χ3v) is 12.4. The molecule has 0 N–H and O–H groups in total. The highest BCUT2D eigenvalue weighted by atomic mass is 16.6. The number of ether oxygens (including phenoxy) is 3. The van der Waals surface area contributed by atoms with E-state index in [1.165, 1.54) is 96.3 Å². The molecule has 74 heavy (non-hydrogen) atoms. The predicted molar refractivity (Wildman–Crippen MR) is 320 cm³/mol. The lowest BCUT2D eigenvalue weighted by atomic mass is 10.0. The van der Waals surface area contributed by atoms with Crippen LogP contribution in [0.3, 0.4) is 0 Å². The van der Waals surface area contributed by atoms with Gasteiger partial charge < -0.3 is 14.2 Å². The Morgan fingerprint density at radius 3 is 0.865 bits per heavy atom. The molecule has 0 radical (unpaired) electrons. The highest BCUT2D eigenvalue weighted by Crippen LogP contribution is 2.15. The summed E-state index contributed by atoms with van der Waals surface area (Å²) in [6, 6.07) is 0. The number of rotatable bonds is 53. The Hall–Kier alpha value is -4.45. The van der Waals surface area contributed by atoms with Gasteiger partial charge in [0.15, 0.2) is 6.10 Å². The van der Waals surface area contributed by atoms with E-state index >= 15 is 0 Å². The molecule has 0 saturated heterocycles. The van der Waals surface area contributed by atoms with Crippen LogP contribution in [0.5, 0.6) is 0 Å². The van der Waals surface area contributed by atoms with E-state index in [1.807, 2.05) is 0 Å². The van der Waals surface area contributed by atoms with Gasteiger partial charge in [-0.25, -0.2) is 0 Å². The highest BCUT2D eigenvalue weighted by Gasteiger charge is 2.19. The summed E-state index contributed by atoms with van der Waals surface area (Å²) in [4.78, 5) is 38.0. The van der Waals surface area contributed by atoms with Gasteiger partial charge in [0.25, 0.3) is 0 Å². The van der Waals surface area contributed by atoms with Crippen molar-refractivity contribution < 1.29 is 28.6 Å². The number of unbranched alkanes of at least 4 members (excludes halogenated alkanes) is 20. The summed E-state index contributed by atoms with van der Waals surface area (Å²) in [5.74, 6) is -0.970. The van der Waals surface area contributed by atoms with Crippen LogP contribution in [0.1, 0.15) is 258 Å². The highest BCUT2D eigenvalue weighted by molar-refractivity contribution is 5.71. The molecular weight excluding hydrogens is 913 g/mol. The quantitative estimate of drug-likeness (QED) is 0.0261. The maximum atomic E-state index is 12.8. The Morgan fingerprint density at radius 2 is 0.541 bits per heavy atom. The monoisotopic (exact) mass is 1020 g/mol. The zero-order valence-electron chi connectivity index (χ0n) is 47.8. The van der Waals surface area contributed by atoms with E-state index in [4.69, 9.17) is 14.2 Å². The lowest BCUT2D eigenvalue weighted by Gasteiger charge is -2.18. The number of esters is 3. The topological polar surface area (TPSA) is 78.9 Å². The zero-order chi connectivity index (χ0) is 53.6. The standard InChI is InChI=1S/C68H110O6/c1-4-7-10-13-16-19-21-23-25-27-28-29-30-31-32-33-34-35-36-37-38-39-40-42-43-45-47-49-52-55-58-61-67(70)73-64-65(63-72-66(69)60-57-54-51-18-15-12-9-6-3)74-68(71)62-59-56-53-50-48-46-44-41-26-24-22-20-17-14-11-8-5-2/h7-8,10-11,16-17,19-20,23-26,28-29,31-32,34-35,44,46,50,53,65H,4-6,9,12-15,18,21-22,27,30,33,36-43,45,47-49,51-52,54-64H2,1-3H3/b10-7-,11-8-,19-16-,20-17-,25-23-,26-24-,29-28-,32-31-,35-34-,46-44-,53-50-. The van der Waals surface area contributed by atoms with E-state index in [9.17, 15) is 14.4 Å². The third-order valence-electron chi connectivity index (χ3n) is 12.4. The molecule has 6 heteroatoms. The molecule has 0 aliphatic carbocycles. The molecule has 0 bridgehead atoms. The van der Waals surface area contributed by atoms with Crippen molar-refractivity contribution in [3.63, 3.8) is 0 Å². The molecule has 0 fully saturated rings. The summed E-state index contributed by atoms with van der Waals surface area (Å²) < 4.78 is 16.8. The molecule has 0 aliphatic rings. The van der Waals surface area contributed by atoms with Gasteiger partial charge in [0.05, 0.1) is 0 Å². The van der Waals surface area contributed by atoms with E-state index < -0.39 is 6.10 Å². The molecule has 0 aromatic rings. The summed E-state index contributed by atoms with van der Waals surface area (Å²) in [6.07, 6.45) is 86.2. The second kappa shape index (κ2) is 61.1. The van der Waals surface area contributed by atoms with E-state index in [0.717, 1.165) is 116 Å². The number of hydrogen-bond acceptors (Lipinski definition) is 6. The first-order valence-electron chi connectivity index (χ1n) is 30.2. The molecule has 0 amide bonds. The first-order chi connectivity index (χ1) is 36.5. The van der Waals surface area contributed by atoms with Gasteiger partial charge in [0, 0.05) is 19.3 Å². The summed E-state index contributed by atoms with van der Waals surface area (Å²) >= 11 is 0. The lowest BCUT2D eigenvalue weighted by molar-refractivity contribution is -0.167.